The molecule has 0 saturated carbocycles. The summed E-state index contributed by atoms with van der Waals surface area (Å²) in [7, 11) is -2.07. The van der Waals surface area contributed by atoms with E-state index in [1.165, 1.54) is 4.31 Å². The first kappa shape index (κ1) is 22.7. The molecular formula is C22H30N2O4S. The van der Waals surface area contributed by atoms with Gasteiger partial charge in [-0.05, 0) is 62.1 Å². The third kappa shape index (κ3) is 5.50. The van der Waals surface area contributed by atoms with Crippen LogP contribution >= 0.6 is 0 Å². The van der Waals surface area contributed by atoms with Gasteiger partial charge >= 0.3 is 0 Å². The summed E-state index contributed by atoms with van der Waals surface area (Å²) in [6, 6.07) is 11.9. The fraction of sp³-hybridized carbons (Fsp3) is 0.409. The quantitative estimate of drug-likeness (QED) is 0.709. The van der Waals surface area contributed by atoms with Gasteiger partial charge in [-0.25, -0.2) is 8.42 Å². The number of benzene rings is 2. The zero-order valence-electron chi connectivity index (χ0n) is 17.9. The summed E-state index contributed by atoms with van der Waals surface area (Å²) in [6.07, 6.45) is 1.49. The fourth-order valence-corrected chi connectivity index (χ4v) is 4.54. The van der Waals surface area contributed by atoms with Crippen molar-refractivity contribution in [2.24, 2.45) is 0 Å². The van der Waals surface area contributed by atoms with Gasteiger partial charge < -0.3 is 10.1 Å². The average Bonchev–Trinajstić information content (AvgIpc) is 2.67. The first-order valence-electron chi connectivity index (χ1n) is 9.59. The van der Waals surface area contributed by atoms with E-state index in [1.54, 1.807) is 13.2 Å². The van der Waals surface area contributed by atoms with E-state index in [9.17, 15) is 13.2 Å². The second kappa shape index (κ2) is 9.31. The highest BCUT2D eigenvalue weighted by atomic mass is 32.2. The molecule has 0 unspecified atom stereocenters. The minimum Gasteiger partial charge on any atom is -0.497 e. The van der Waals surface area contributed by atoms with Crippen molar-refractivity contribution in [3.8, 4) is 5.75 Å². The van der Waals surface area contributed by atoms with Crippen molar-refractivity contribution in [3.05, 3.63) is 59.2 Å². The van der Waals surface area contributed by atoms with Gasteiger partial charge in [0.1, 0.15) is 11.8 Å². The number of hydrogen-bond acceptors (Lipinski definition) is 4. The second-order valence-corrected chi connectivity index (χ2v) is 9.14. The van der Waals surface area contributed by atoms with Crippen molar-refractivity contribution in [3.63, 3.8) is 0 Å². The lowest BCUT2D eigenvalue weighted by Crippen LogP contribution is -2.50. The van der Waals surface area contributed by atoms with Gasteiger partial charge in [0, 0.05) is 0 Å². The molecule has 2 aromatic carbocycles. The number of amides is 1. The molecule has 2 rings (SSSR count). The van der Waals surface area contributed by atoms with Crippen molar-refractivity contribution in [1.29, 1.82) is 0 Å². The third-order valence-electron chi connectivity index (χ3n) is 4.91. The SMILES string of the molecule is CC[C@@H](C(=O)N[C@H](C)c1ccc(OC)cc1)N(c1cc(C)ccc1C)S(C)(=O)=O. The Balaban J connectivity index is 2.34. The highest BCUT2D eigenvalue weighted by molar-refractivity contribution is 7.92. The number of nitrogens with one attached hydrogen (secondary N) is 1. The number of sulfonamides is 1. The van der Waals surface area contributed by atoms with Crippen LogP contribution in [0, 0.1) is 13.8 Å². The molecular weight excluding hydrogens is 388 g/mol. The smallest absolute Gasteiger partial charge is 0.244 e. The van der Waals surface area contributed by atoms with Gasteiger partial charge in [0.15, 0.2) is 0 Å². The van der Waals surface area contributed by atoms with E-state index in [0.29, 0.717) is 12.1 Å². The van der Waals surface area contributed by atoms with E-state index in [-0.39, 0.29) is 11.9 Å². The number of rotatable bonds is 8. The summed E-state index contributed by atoms with van der Waals surface area (Å²) < 4.78 is 31.7. The monoisotopic (exact) mass is 418 g/mol. The number of ether oxygens (including phenoxy) is 1. The van der Waals surface area contributed by atoms with E-state index < -0.39 is 16.1 Å². The van der Waals surface area contributed by atoms with E-state index >= 15 is 0 Å². The maximum absolute atomic E-state index is 13.1. The first-order chi connectivity index (χ1) is 13.6. The fourth-order valence-electron chi connectivity index (χ4n) is 3.28. The van der Waals surface area contributed by atoms with Gasteiger partial charge in [0.25, 0.3) is 0 Å². The van der Waals surface area contributed by atoms with Crippen molar-refractivity contribution < 1.29 is 17.9 Å². The van der Waals surface area contributed by atoms with Gasteiger partial charge in [-0.15, -0.1) is 0 Å². The van der Waals surface area contributed by atoms with Gasteiger partial charge in [-0.1, -0.05) is 31.2 Å². The van der Waals surface area contributed by atoms with Crippen LogP contribution in [-0.2, 0) is 14.8 Å². The minimum absolute atomic E-state index is 0.275. The molecule has 1 amide bonds. The van der Waals surface area contributed by atoms with Crippen LogP contribution in [0.25, 0.3) is 0 Å². The molecule has 0 fully saturated rings. The molecule has 0 radical (unpaired) electrons. The van der Waals surface area contributed by atoms with Crippen molar-refractivity contribution in [2.45, 2.75) is 46.2 Å². The second-order valence-electron chi connectivity index (χ2n) is 7.28. The Morgan fingerprint density at radius 2 is 1.76 bits per heavy atom. The summed E-state index contributed by atoms with van der Waals surface area (Å²) >= 11 is 0. The highest BCUT2D eigenvalue weighted by Gasteiger charge is 2.33. The normalized spacial score (nSPS) is 13.4. The number of aryl methyl sites for hydroxylation is 2. The molecule has 158 valence electrons. The number of methoxy groups -OCH3 is 1. The predicted octanol–water partition coefficient (Wildman–Crippen LogP) is 3.73. The molecule has 0 aromatic heterocycles. The molecule has 2 atom stereocenters. The van der Waals surface area contributed by atoms with Crippen molar-refractivity contribution in [1.82, 2.24) is 5.32 Å². The molecule has 0 heterocycles. The Morgan fingerprint density at radius 1 is 1.14 bits per heavy atom. The molecule has 0 aliphatic heterocycles. The largest absolute Gasteiger partial charge is 0.497 e. The summed E-state index contributed by atoms with van der Waals surface area (Å²) in [6.45, 7) is 7.43. The van der Waals surface area contributed by atoms with Crippen molar-refractivity contribution in [2.75, 3.05) is 17.7 Å². The van der Waals surface area contributed by atoms with Crippen molar-refractivity contribution >= 4 is 21.6 Å². The van der Waals surface area contributed by atoms with Crippen LogP contribution in [0.15, 0.2) is 42.5 Å². The molecule has 7 heteroatoms. The van der Waals surface area contributed by atoms with E-state index in [1.807, 2.05) is 64.1 Å². The number of carbonyl (C=O) groups is 1. The van der Waals surface area contributed by atoms with Crippen LogP contribution < -0.4 is 14.4 Å². The molecule has 0 spiro atoms. The molecule has 0 bridgehead atoms. The Kier molecular flexibility index (Phi) is 7.30. The van der Waals surface area contributed by atoms with Crippen LogP contribution in [0.2, 0.25) is 0 Å². The van der Waals surface area contributed by atoms with Crippen LogP contribution in [0.5, 0.6) is 5.75 Å². The lowest BCUT2D eigenvalue weighted by Gasteiger charge is -2.32. The topological polar surface area (TPSA) is 75.7 Å². The molecule has 6 nitrogen and oxygen atoms in total. The Hall–Kier alpha value is -2.54. The molecule has 0 aliphatic carbocycles. The lowest BCUT2D eigenvalue weighted by atomic mass is 10.1. The Labute approximate surface area is 173 Å². The maximum atomic E-state index is 13.1. The first-order valence-corrected chi connectivity index (χ1v) is 11.4. The predicted molar refractivity (Wildman–Crippen MR) is 117 cm³/mol. The summed E-state index contributed by atoms with van der Waals surface area (Å²) in [5.74, 6) is 0.402. The standard InChI is InChI=1S/C22H30N2O4S/c1-7-20(22(25)23-17(4)18-10-12-19(28-5)13-11-18)24(29(6,26)27)21-14-15(2)8-9-16(21)3/h8-14,17,20H,7H2,1-6H3,(H,23,25)/t17-,20+/m1/s1. The van der Waals surface area contributed by atoms with E-state index in [2.05, 4.69) is 5.32 Å². The van der Waals surface area contributed by atoms with Gasteiger partial charge in [0.2, 0.25) is 15.9 Å². The lowest BCUT2D eigenvalue weighted by molar-refractivity contribution is -0.122. The average molecular weight is 419 g/mol. The number of anilines is 1. The summed E-state index contributed by atoms with van der Waals surface area (Å²) in [5, 5.41) is 2.96. The van der Waals surface area contributed by atoms with Crippen LogP contribution in [0.1, 0.15) is 43.0 Å². The zero-order valence-corrected chi connectivity index (χ0v) is 18.7. The number of hydrogen-bond donors (Lipinski definition) is 1. The highest BCUT2D eigenvalue weighted by Crippen LogP contribution is 2.28. The van der Waals surface area contributed by atoms with Gasteiger partial charge in [-0.2, -0.15) is 0 Å². The van der Waals surface area contributed by atoms with Gasteiger partial charge in [-0.3, -0.25) is 9.10 Å². The number of nitrogens with zero attached hydrogens (tertiary/aromatic N) is 1. The Bertz CT molecular complexity index is 955. The van der Waals surface area contributed by atoms with Crippen LogP contribution in [0.4, 0.5) is 5.69 Å². The summed E-state index contributed by atoms with van der Waals surface area (Å²) in [5.41, 5.74) is 3.18. The van der Waals surface area contributed by atoms with Crippen LogP contribution in [0.3, 0.4) is 0 Å². The molecule has 0 saturated heterocycles. The van der Waals surface area contributed by atoms with Gasteiger partial charge in [0.05, 0.1) is 25.1 Å². The molecule has 2 aromatic rings. The maximum Gasteiger partial charge on any atom is 0.244 e. The Morgan fingerprint density at radius 3 is 2.28 bits per heavy atom. The molecule has 1 N–H and O–H groups in total. The van der Waals surface area contributed by atoms with E-state index in [4.69, 9.17) is 4.74 Å². The van der Waals surface area contributed by atoms with E-state index in [0.717, 1.165) is 28.7 Å². The number of carbonyl (C=O) groups excluding carboxylic acids is 1. The minimum atomic E-state index is -3.67. The third-order valence-corrected chi connectivity index (χ3v) is 6.07. The zero-order chi connectivity index (χ0) is 21.8. The summed E-state index contributed by atoms with van der Waals surface area (Å²) in [4.78, 5) is 13.1. The molecule has 29 heavy (non-hydrogen) atoms. The van der Waals surface area contributed by atoms with Crippen LogP contribution in [-0.4, -0.2) is 33.7 Å². The molecule has 0 aliphatic rings.